The van der Waals surface area contributed by atoms with Gasteiger partial charge in [0.1, 0.15) is 5.75 Å². The van der Waals surface area contributed by atoms with Crippen molar-refractivity contribution in [3.63, 3.8) is 0 Å². The highest BCUT2D eigenvalue weighted by Crippen LogP contribution is 2.22. The second kappa shape index (κ2) is 6.48. The first kappa shape index (κ1) is 13.0. The molecule has 0 saturated carbocycles. The Hall–Kier alpha value is -1.09. The molecule has 0 amide bonds. The van der Waals surface area contributed by atoms with Crippen molar-refractivity contribution in [2.45, 2.75) is 39.7 Å². The van der Waals surface area contributed by atoms with Crippen LogP contribution in [0.4, 0.5) is 0 Å². The maximum atomic E-state index is 6.14. The predicted octanol–water partition coefficient (Wildman–Crippen LogP) is 2.92. The third-order valence-corrected chi connectivity index (χ3v) is 2.83. The van der Waals surface area contributed by atoms with Crippen LogP contribution in [0.15, 0.2) is 18.5 Å². The molecule has 0 spiro atoms. The first-order valence-corrected chi connectivity index (χ1v) is 6.00. The molecule has 3 heteroatoms. The van der Waals surface area contributed by atoms with E-state index < -0.39 is 0 Å². The fraction of sp³-hybridized carbons (Fsp3) is 0.615. The Balaban J connectivity index is 2.67. The fourth-order valence-corrected chi connectivity index (χ4v) is 1.62. The molecule has 0 aromatic carbocycles. The third kappa shape index (κ3) is 3.81. The summed E-state index contributed by atoms with van der Waals surface area (Å²) in [4.78, 5) is 4.15. The summed E-state index contributed by atoms with van der Waals surface area (Å²) >= 11 is 0. The molecule has 0 aliphatic carbocycles. The van der Waals surface area contributed by atoms with Gasteiger partial charge in [0.2, 0.25) is 0 Å². The van der Waals surface area contributed by atoms with E-state index in [9.17, 15) is 0 Å². The van der Waals surface area contributed by atoms with Gasteiger partial charge in [0.05, 0.1) is 12.8 Å². The van der Waals surface area contributed by atoms with Crippen LogP contribution in [0.5, 0.6) is 5.75 Å². The molecule has 0 radical (unpaired) electrons. The summed E-state index contributed by atoms with van der Waals surface area (Å²) in [6, 6.07) is 2.05. The molecular weight excluding hydrogens is 200 g/mol. The Bertz CT molecular complexity index is 315. The average molecular weight is 222 g/mol. The lowest BCUT2D eigenvalue weighted by molar-refractivity contribution is 0.337. The Morgan fingerprint density at radius 3 is 2.75 bits per heavy atom. The normalized spacial score (nSPS) is 14.5. The summed E-state index contributed by atoms with van der Waals surface area (Å²) in [6.07, 6.45) is 5.71. The van der Waals surface area contributed by atoms with Crippen molar-refractivity contribution < 1.29 is 4.74 Å². The topological polar surface area (TPSA) is 48.1 Å². The van der Waals surface area contributed by atoms with Gasteiger partial charge in [-0.2, -0.15) is 0 Å². The minimum Gasteiger partial charge on any atom is -0.492 e. The summed E-state index contributed by atoms with van der Waals surface area (Å²) in [5, 5.41) is 0. The number of aromatic nitrogens is 1. The van der Waals surface area contributed by atoms with Crippen molar-refractivity contribution in [3.05, 3.63) is 24.0 Å². The van der Waals surface area contributed by atoms with Crippen molar-refractivity contribution in [1.82, 2.24) is 4.98 Å². The van der Waals surface area contributed by atoms with Crippen LogP contribution in [-0.2, 0) is 0 Å². The lowest BCUT2D eigenvalue weighted by Crippen LogP contribution is -2.14. The molecule has 90 valence electrons. The highest BCUT2D eigenvalue weighted by Gasteiger charge is 2.11. The Kier molecular flexibility index (Phi) is 5.26. The molecule has 1 heterocycles. The van der Waals surface area contributed by atoms with Crippen LogP contribution in [0.1, 0.15) is 45.2 Å². The molecular formula is C13H22N2O. The molecule has 1 rings (SSSR count). The minimum atomic E-state index is 0.0582. The standard InChI is InChI=1S/C13H22N2O/c1-4-10(3)6-13(14)11-7-12(16-5-2)9-15-8-11/h7-10,13H,4-6,14H2,1-3H3. The molecule has 0 saturated heterocycles. The third-order valence-electron chi connectivity index (χ3n) is 2.83. The Morgan fingerprint density at radius 1 is 1.38 bits per heavy atom. The molecule has 3 nitrogen and oxygen atoms in total. The smallest absolute Gasteiger partial charge is 0.137 e. The number of pyridine rings is 1. The van der Waals surface area contributed by atoms with E-state index in [4.69, 9.17) is 10.5 Å². The summed E-state index contributed by atoms with van der Waals surface area (Å²) in [5.74, 6) is 1.45. The van der Waals surface area contributed by atoms with Gasteiger partial charge in [-0.25, -0.2) is 0 Å². The van der Waals surface area contributed by atoms with E-state index in [0.717, 1.165) is 24.2 Å². The van der Waals surface area contributed by atoms with Gasteiger partial charge in [-0.05, 0) is 30.9 Å². The zero-order chi connectivity index (χ0) is 12.0. The summed E-state index contributed by atoms with van der Waals surface area (Å²) < 4.78 is 5.41. The Morgan fingerprint density at radius 2 is 2.12 bits per heavy atom. The van der Waals surface area contributed by atoms with Crippen LogP contribution in [0.3, 0.4) is 0 Å². The van der Waals surface area contributed by atoms with Crippen LogP contribution in [0.2, 0.25) is 0 Å². The largest absolute Gasteiger partial charge is 0.492 e. The van der Waals surface area contributed by atoms with E-state index in [2.05, 4.69) is 18.8 Å². The summed E-state index contributed by atoms with van der Waals surface area (Å²) in [5.41, 5.74) is 7.20. The van der Waals surface area contributed by atoms with Crippen molar-refractivity contribution in [2.75, 3.05) is 6.61 Å². The predicted molar refractivity (Wildman–Crippen MR) is 66.4 cm³/mol. The first-order chi connectivity index (χ1) is 7.67. The maximum absolute atomic E-state index is 6.14. The first-order valence-electron chi connectivity index (χ1n) is 6.00. The van der Waals surface area contributed by atoms with Gasteiger partial charge >= 0.3 is 0 Å². The quantitative estimate of drug-likeness (QED) is 0.805. The van der Waals surface area contributed by atoms with E-state index in [1.165, 1.54) is 0 Å². The molecule has 2 N–H and O–H groups in total. The van der Waals surface area contributed by atoms with Crippen molar-refractivity contribution in [3.8, 4) is 5.75 Å². The molecule has 0 fully saturated rings. The monoisotopic (exact) mass is 222 g/mol. The van der Waals surface area contributed by atoms with Crippen LogP contribution in [-0.4, -0.2) is 11.6 Å². The van der Waals surface area contributed by atoms with E-state index >= 15 is 0 Å². The van der Waals surface area contributed by atoms with Gasteiger partial charge in [-0.1, -0.05) is 20.3 Å². The highest BCUT2D eigenvalue weighted by atomic mass is 16.5. The molecule has 2 atom stereocenters. The summed E-state index contributed by atoms with van der Waals surface area (Å²) in [7, 11) is 0. The number of rotatable bonds is 6. The Labute approximate surface area is 98.0 Å². The zero-order valence-corrected chi connectivity index (χ0v) is 10.4. The maximum Gasteiger partial charge on any atom is 0.137 e. The molecule has 0 bridgehead atoms. The molecule has 0 aliphatic rings. The van der Waals surface area contributed by atoms with Gasteiger partial charge in [0.25, 0.3) is 0 Å². The van der Waals surface area contributed by atoms with Gasteiger partial charge in [0, 0.05) is 12.2 Å². The minimum absolute atomic E-state index is 0.0582. The SMILES string of the molecule is CCOc1cncc(C(N)CC(C)CC)c1. The zero-order valence-electron chi connectivity index (χ0n) is 10.4. The second-order valence-corrected chi connectivity index (χ2v) is 4.24. The lowest BCUT2D eigenvalue weighted by atomic mass is 9.96. The van der Waals surface area contributed by atoms with Crippen molar-refractivity contribution in [2.24, 2.45) is 11.7 Å². The number of hydrogen-bond acceptors (Lipinski definition) is 3. The number of ether oxygens (including phenoxy) is 1. The van der Waals surface area contributed by atoms with Crippen LogP contribution in [0.25, 0.3) is 0 Å². The van der Waals surface area contributed by atoms with Crippen LogP contribution < -0.4 is 10.5 Å². The number of nitrogens with two attached hydrogens (primary N) is 1. The van der Waals surface area contributed by atoms with Crippen LogP contribution >= 0.6 is 0 Å². The average Bonchev–Trinajstić information content (AvgIpc) is 2.29. The molecule has 1 aromatic heterocycles. The number of nitrogens with zero attached hydrogens (tertiary/aromatic N) is 1. The van der Waals surface area contributed by atoms with Gasteiger partial charge in [-0.3, -0.25) is 4.98 Å². The van der Waals surface area contributed by atoms with E-state index in [1.807, 2.05) is 19.2 Å². The molecule has 16 heavy (non-hydrogen) atoms. The molecule has 0 aliphatic heterocycles. The van der Waals surface area contributed by atoms with E-state index in [0.29, 0.717) is 12.5 Å². The van der Waals surface area contributed by atoms with Gasteiger partial charge in [0.15, 0.2) is 0 Å². The summed E-state index contributed by atoms with van der Waals surface area (Å²) in [6.45, 7) is 7.03. The fourth-order valence-electron chi connectivity index (χ4n) is 1.62. The molecule has 2 unspecified atom stereocenters. The molecule has 1 aromatic rings. The van der Waals surface area contributed by atoms with Crippen LogP contribution in [0, 0.1) is 5.92 Å². The van der Waals surface area contributed by atoms with Gasteiger partial charge in [-0.15, -0.1) is 0 Å². The van der Waals surface area contributed by atoms with Crippen molar-refractivity contribution >= 4 is 0 Å². The van der Waals surface area contributed by atoms with E-state index in [1.54, 1.807) is 6.20 Å². The highest BCUT2D eigenvalue weighted by molar-refractivity contribution is 5.25. The lowest BCUT2D eigenvalue weighted by Gasteiger charge is -2.16. The number of hydrogen-bond donors (Lipinski definition) is 1. The second-order valence-electron chi connectivity index (χ2n) is 4.24. The van der Waals surface area contributed by atoms with E-state index in [-0.39, 0.29) is 6.04 Å². The van der Waals surface area contributed by atoms with Crippen molar-refractivity contribution in [1.29, 1.82) is 0 Å². The van der Waals surface area contributed by atoms with Gasteiger partial charge < -0.3 is 10.5 Å².